The molecule has 2 heterocycles. The number of carbonyl (C=O) groups is 1. The molecule has 0 N–H and O–H groups in total. The summed E-state index contributed by atoms with van der Waals surface area (Å²) in [5.74, 6) is 2.19. The van der Waals surface area contributed by atoms with Crippen molar-refractivity contribution < 1.29 is 19.0 Å². The number of piperazine rings is 1. The summed E-state index contributed by atoms with van der Waals surface area (Å²) >= 11 is 1.42. The van der Waals surface area contributed by atoms with E-state index in [4.69, 9.17) is 14.2 Å². The number of aromatic nitrogens is 1. The van der Waals surface area contributed by atoms with E-state index >= 15 is 0 Å². The topological polar surface area (TPSA) is 64.1 Å². The van der Waals surface area contributed by atoms with Gasteiger partial charge in [0, 0.05) is 37.4 Å². The molecular weight excluding hydrogens is 426 g/mol. The van der Waals surface area contributed by atoms with Crippen LogP contribution in [0.5, 0.6) is 17.2 Å². The fourth-order valence-electron chi connectivity index (χ4n) is 3.79. The van der Waals surface area contributed by atoms with Gasteiger partial charge in [0.05, 0.1) is 27.0 Å². The first-order valence-electron chi connectivity index (χ1n) is 10.4. The number of anilines is 1. The summed E-state index contributed by atoms with van der Waals surface area (Å²) < 4.78 is 15.9. The lowest BCUT2D eigenvalue weighted by Gasteiger charge is -2.36. The summed E-state index contributed by atoms with van der Waals surface area (Å²) in [4.78, 5) is 22.8. The summed E-state index contributed by atoms with van der Waals surface area (Å²) in [6, 6.07) is 13.7. The molecule has 0 bridgehead atoms. The highest BCUT2D eigenvalue weighted by molar-refractivity contribution is 7.17. The summed E-state index contributed by atoms with van der Waals surface area (Å²) in [7, 11) is 4.88. The standard InChI is InChI=1S/C24H27N3O4S/c1-16-22(32-23(25-16)17-5-10-20(30-3)21(15-17)31-4)24(28)27-13-11-26(12-14-27)18-6-8-19(29-2)9-7-18/h5-10,15H,11-14H2,1-4H3. The number of rotatable bonds is 6. The molecule has 1 saturated heterocycles. The van der Waals surface area contributed by atoms with E-state index in [0.717, 1.165) is 40.8 Å². The Morgan fingerprint density at radius 3 is 2.22 bits per heavy atom. The minimum Gasteiger partial charge on any atom is -0.497 e. The number of hydrogen-bond donors (Lipinski definition) is 0. The molecule has 0 spiro atoms. The number of ether oxygens (including phenoxy) is 3. The average molecular weight is 454 g/mol. The molecule has 32 heavy (non-hydrogen) atoms. The first-order chi connectivity index (χ1) is 15.5. The van der Waals surface area contributed by atoms with Gasteiger partial charge < -0.3 is 24.0 Å². The van der Waals surface area contributed by atoms with E-state index in [1.807, 2.05) is 42.2 Å². The molecule has 1 aromatic heterocycles. The second-order valence-electron chi connectivity index (χ2n) is 7.48. The summed E-state index contributed by atoms with van der Waals surface area (Å²) in [6.45, 7) is 4.82. The van der Waals surface area contributed by atoms with Crippen LogP contribution in [0.25, 0.3) is 10.6 Å². The minimum absolute atomic E-state index is 0.0427. The van der Waals surface area contributed by atoms with Crippen LogP contribution in [0.15, 0.2) is 42.5 Å². The third kappa shape index (κ3) is 4.36. The van der Waals surface area contributed by atoms with Crippen LogP contribution in [-0.2, 0) is 0 Å². The summed E-state index contributed by atoms with van der Waals surface area (Å²) in [5, 5.41) is 0.795. The molecule has 1 fully saturated rings. The van der Waals surface area contributed by atoms with E-state index in [-0.39, 0.29) is 5.91 Å². The van der Waals surface area contributed by atoms with Crippen LogP contribution in [-0.4, -0.2) is 63.3 Å². The Balaban J connectivity index is 1.46. The SMILES string of the molecule is COc1ccc(N2CCN(C(=O)c3sc(-c4ccc(OC)c(OC)c4)nc3C)CC2)cc1. The third-order valence-corrected chi connectivity index (χ3v) is 6.82. The summed E-state index contributed by atoms with van der Waals surface area (Å²) in [5.41, 5.74) is 2.80. The Kier molecular flexibility index (Phi) is 6.50. The largest absolute Gasteiger partial charge is 0.497 e. The monoisotopic (exact) mass is 453 g/mol. The molecule has 2 aromatic carbocycles. The average Bonchev–Trinajstić information content (AvgIpc) is 3.24. The number of hydrogen-bond acceptors (Lipinski definition) is 7. The Morgan fingerprint density at radius 2 is 1.59 bits per heavy atom. The van der Waals surface area contributed by atoms with Gasteiger partial charge in [0.1, 0.15) is 15.6 Å². The van der Waals surface area contributed by atoms with Crippen LogP contribution in [0.3, 0.4) is 0 Å². The van der Waals surface area contributed by atoms with Crippen LogP contribution in [0, 0.1) is 6.92 Å². The number of thiazole rings is 1. The van der Waals surface area contributed by atoms with Crippen molar-refractivity contribution in [2.75, 3.05) is 52.4 Å². The van der Waals surface area contributed by atoms with Crippen molar-refractivity contribution in [1.29, 1.82) is 0 Å². The van der Waals surface area contributed by atoms with Gasteiger partial charge in [0.15, 0.2) is 11.5 Å². The molecule has 0 radical (unpaired) electrons. The van der Waals surface area contributed by atoms with Gasteiger partial charge >= 0.3 is 0 Å². The van der Waals surface area contributed by atoms with Gasteiger partial charge in [-0.05, 0) is 49.4 Å². The molecule has 0 saturated carbocycles. The van der Waals surface area contributed by atoms with Crippen molar-refractivity contribution in [3.05, 3.63) is 53.0 Å². The van der Waals surface area contributed by atoms with E-state index in [0.29, 0.717) is 29.5 Å². The first kappa shape index (κ1) is 22.0. The van der Waals surface area contributed by atoms with Crippen molar-refractivity contribution in [3.63, 3.8) is 0 Å². The normalized spacial score (nSPS) is 13.8. The van der Waals surface area contributed by atoms with Crippen molar-refractivity contribution in [2.24, 2.45) is 0 Å². The molecule has 7 nitrogen and oxygen atoms in total. The van der Waals surface area contributed by atoms with Gasteiger partial charge in [-0.2, -0.15) is 0 Å². The maximum absolute atomic E-state index is 13.2. The van der Waals surface area contributed by atoms with E-state index in [9.17, 15) is 4.79 Å². The van der Waals surface area contributed by atoms with Gasteiger partial charge in [0.25, 0.3) is 5.91 Å². The maximum atomic E-state index is 13.2. The smallest absolute Gasteiger partial charge is 0.265 e. The van der Waals surface area contributed by atoms with Crippen LogP contribution in [0.1, 0.15) is 15.4 Å². The predicted octanol–water partition coefficient (Wildman–Crippen LogP) is 4.11. The molecule has 8 heteroatoms. The molecule has 0 aliphatic carbocycles. The van der Waals surface area contributed by atoms with Gasteiger partial charge in [-0.25, -0.2) is 4.98 Å². The number of amides is 1. The molecule has 0 atom stereocenters. The van der Waals surface area contributed by atoms with Crippen LogP contribution < -0.4 is 19.1 Å². The van der Waals surface area contributed by atoms with Crippen molar-refractivity contribution >= 4 is 22.9 Å². The van der Waals surface area contributed by atoms with E-state index in [1.54, 1.807) is 21.3 Å². The van der Waals surface area contributed by atoms with Crippen LogP contribution in [0.4, 0.5) is 5.69 Å². The zero-order valence-electron chi connectivity index (χ0n) is 18.8. The zero-order chi connectivity index (χ0) is 22.7. The lowest BCUT2D eigenvalue weighted by Crippen LogP contribution is -2.48. The van der Waals surface area contributed by atoms with E-state index < -0.39 is 0 Å². The van der Waals surface area contributed by atoms with Gasteiger partial charge in [-0.1, -0.05) is 0 Å². The third-order valence-electron chi connectivity index (χ3n) is 5.63. The second-order valence-corrected chi connectivity index (χ2v) is 8.48. The van der Waals surface area contributed by atoms with E-state index in [1.165, 1.54) is 11.3 Å². The lowest BCUT2D eigenvalue weighted by atomic mass is 10.2. The molecule has 3 aromatic rings. The second kappa shape index (κ2) is 9.48. The zero-order valence-corrected chi connectivity index (χ0v) is 19.6. The number of aryl methyl sites for hydroxylation is 1. The molecule has 1 amide bonds. The molecule has 1 aliphatic rings. The number of methoxy groups -OCH3 is 3. The lowest BCUT2D eigenvalue weighted by molar-refractivity contribution is 0.0750. The highest BCUT2D eigenvalue weighted by atomic mass is 32.1. The number of nitrogens with zero attached hydrogens (tertiary/aromatic N) is 3. The van der Waals surface area contributed by atoms with Crippen molar-refractivity contribution in [1.82, 2.24) is 9.88 Å². The van der Waals surface area contributed by atoms with Gasteiger partial charge in [-0.3, -0.25) is 4.79 Å². The quantitative estimate of drug-likeness (QED) is 0.560. The predicted molar refractivity (Wildman–Crippen MR) is 127 cm³/mol. The molecule has 1 aliphatic heterocycles. The Labute approximate surface area is 192 Å². The van der Waals surface area contributed by atoms with Crippen molar-refractivity contribution in [2.45, 2.75) is 6.92 Å². The highest BCUT2D eigenvalue weighted by Crippen LogP contribution is 2.35. The van der Waals surface area contributed by atoms with E-state index in [2.05, 4.69) is 22.0 Å². The van der Waals surface area contributed by atoms with Crippen LogP contribution in [0.2, 0.25) is 0 Å². The maximum Gasteiger partial charge on any atom is 0.265 e. The fourth-order valence-corrected chi connectivity index (χ4v) is 4.82. The van der Waals surface area contributed by atoms with Crippen LogP contribution >= 0.6 is 11.3 Å². The Hall–Kier alpha value is -3.26. The number of benzene rings is 2. The molecular formula is C24H27N3O4S. The highest BCUT2D eigenvalue weighted by Gasteiger charge is 2.26. The Bertz CT molecular complexity index is 1090. The molecule has 168 valence electrons. The molecule has 0 unspecified atom stereocenters. The minimum atomic E-state index is 0.0427. The number of carbonyl (C=O) groups excluding carboxylic acids is 1. The molecule has 4 rings (SSSR count). The van der Waals surface area contributed by atoms with Gasteiger partial charge in [-0.15, -0.1) is 11.3 Å². The summed E-state index contributed by atoms with van der Waals surface area (Å²) in [6.07, 6.45) is 0. The first-order valence-corrected chi connectivity index (χ1v) is 11.2. The van der Waals surface area contributed by atoms with Gasteiger partial charge in [0.2, 0.25) is 0 Å². The fraction of sp³-hybridized carbons (Fsp3) is 0.333. The Morgan fingerprint density at radius 1 is 0.906 bits per heavy atom. The van der Waals surface area contributed by atoms with Crippen molar-refractivity contribution in [3.8, 4) is 27.8 Å².